The zero-order chi connectivity index (χ0) is 13.9. The number of nitrogens with zero attached hydrogens (tertiary/aromatic N) is 1. The molecule has 0 aliphatic rings. The molecule has 1 atom stereocenters. The molecule has 0 fully saturated rings. The molecule has 0 amide bonds. The van der Waals surface area contributed by atoms with Crippen molar-refractivity contribution in [3.63, 3.8) is 0 Å². The minimum absolute atomic E-state index is 0.0140. The molecule has 0 spiro atoms. The van der Waals surface area contributed by atoms with Gasteiger partial charge in [-0.05, 0) is 34.6 Å². The highest BCUT2D eigenvalue weighted by atomic mass is 127. The Bertz CT molecular complexity index is 478. The average molecular weight is 381 g/mol. The number of halogens is 1. The number of aliphatic carboxylic acids is 1. The maximum absolute atomic E-state index is 11.1. The Hall–Kier alpha value is -0.830. The summed E-state index contributed by atoms with van der Waals surface area (Å²) in [4.78, 5) is 22.0. The standard InChI is InChI=1S/C11H12INO4S/c1-6(2)10(11(14)15)18-9-4-3-7(13(16)17)5-8(9)12/h3-6,10H,1-2H3,(H,14,15). The summed E-state index contributed by atoms with van der Waals surface area (Å²) < 4.78 is 0.693. The monoisotopic (exact) mass is 381 g/mol. The molecule has 0 saturated heterocycles. The second-order valence-electron chi connectivity index (χ2n) is 3.99. The number of carboxylic acids is 1. The molecule has 98 valence electrons. The molecule has 18 heavy (non-hydrogen) atoms. The third kappa shape index (κ3) is 3.84. The average Bonchev–Trinajstić information content (AvgIpc) is 2.25. The van der Waals surface area contributed by atoms with Crippen molar-refractivity contribution in [2.75, 3.05) is 0 Å². The Balaban J connectivity index is 2.97. The Morgan fingerprint density at radius 3 is 2.50 bits per heavy atom. The van der Waals surface area contributed by atoms with Crippen LogP contribution in [-0.2, 0) is 4.79 Å². The number of non-ortho nitro benzene ring substituents is 1. The van der Waals surface area contributed by atoms with Crippen molar-refractivity contribution in [2.45, 2.75) is 24.0 Å². The summed E-state index contributed by atoms with van der Waals surface area (Å²) in [6.07, 6.45) is 0. The van der Waals surface area contributed by atoms with Gasteiger partial charge in [0.05, 0.1) is 4.92 Å². The normalized spacial score (nSPS) is 12.4. The van der Waals surface area contributed by atoms with E-state index in [1.807, 2.05) is 36.4 Å². The zero-order valence-corrected chi connectivity index (χ0v) is 12.8. The molecule has 7 heteroatoms. The smallest absolute Gasteiger partial charge is 0.317 e. The molecule has 1 aromatic rings. The van der Waals surface area contributed by atoms with E-state index in [2.05, 4.69) is 0 Å². The van der Waals surface area contributed by atoms with E-state index in [-0.39, 0.29) is 11.6 Å². The second kappa shape index (κ2) is 6.37. The molecule has 0 saturated carbocycles. The first-order chi connectivity index (χ1) is 8.32. The Labute approximate surface area is 122 Å². The summed E-state index contributed by atoms with van der Waals surface area (Å²) in [6, 6.07) is 4.44. The van der Waals surface area contributed by atoms with Gasteiger partial charge in [-0.15, -0.1) is 11.8 Å². The fourth-order valence-electron chi connectivity index (χ4n) is 1.31. The van der Waals surface area contributed by atoms with Gasteiger partial charge in [0.2, 0.25) is 0 Å². The predicted molar refractivity (Wildman–Crippen MR) is 77.9 cm³/mol. The van der Waals surface area contributed by atoms with Crippen LogP contribution in [0.4, 0.5) is 5.69 Å². The number of hydrogen-bond donors (Lipinski definition) is 1. The van der Waals surface area contributed by atoms with Crippen LogP contribution in [0.5, 0.6) is 0 Å². The van der Waals surface area contributed by atoms with E-state index in [1.165, 1.54) is 23.9 Å². The van der Waals surface area contributed by atoms with Crippen molar-refractivity contribution in [3.05, 3.63) is 31.9 Å². The predicted octanol–water partition coefficient (Wildman–Crippen LogP) is 3.40. The van der Waals surface area contributed by atoms with Gasteiger partial charge in [-0.1, -0.05) is 13.8 Å². The van der Waals surface area contributed by atoms with Crippen molar-refractivity contribution in [1.82, 2.24) is 0 Å². The van der Waals surface area contributed by atoms with Gasteiger partial charge in [-0.25, -0.2) is 0 Å². The van der Waals surface area contributed by atoms with Crippen LogP contribution in [-0.4, -0.2) is 21.2 Å². The van der Waals surface area contributed by atoms with Gasteiger partial charge >= 0.3 is 5.97 Å². The molecule has 5 nitrogen and oxygen atoms in total. The minimum Gasteiger partial charge on any atom is -0.480 e. The Morgan fingerprint density at radius 1 is 1.50 bits per heavy atom. The van der Waals surface area contributed by atoms with Crippen LogP contribution in [0.1, 0.15) is 13.8 Å². The largest absolute Gasteiger partial charge is 0.480 e. The van der Waals surface area contributed by atoms with Gasteiger partial charge in [-0.3, -0.25) is 14.9 Å². The first-order valence-electron chi connectivity index (χ1n) is 5.16. The van der Waals surface area contributed by atoms with E-state index >= 15 is 0 Å². The van der Waals surface area contributed by atoms with E-state index in [0.29, 0.717) is 3.57 Å². The third-order valence-electron chi connectivity index (χ3n) is 2.23. The molecule has 0 aromatic heterocycles. The summed E-state index contributed by atoms with van der Waals surface area (Å²) in [6.45, 7) is 3.67. The van der Waals surface area contributed by atoms with Crippen molar-refractivity contribution < 1.29 is 14.8 Å². The van der Waals surface area contributed by atoms with Crippen LogP contribution in [0.2, 0.25) is 0 Å². The quantitative estimate of drug-likeness (QED) is 0.366. The highest BCUT2D eigenvalue weighted by Crippen LogP contribution is 2.33. The number of rotatable bonds is 5. The second-order valence-corrected chi connectivity index (χ2v) is 6.34. The van der Waals surface area contributed by atoms with Gasteiger partial charge in [-0.2, -0.15) is 0 Å². The zero-order valence-electron chi connectivity index (χ0n) is 9.79. The van der Waals surface area contributed by atoms with Gasteiger partial charge in [0.15, 0.2) is 0 Å². The van der Waals surface area contributed by atoms with Crippen LogP contribution in [0.3, 0.4) is 0 Å². The maximum atomic E-state index is 11.1. The van der Waals surface area contributed by atoms with E-state index in [9.17, 15) is 14.9 Å². The van der Waals surface area contributed by atoms with Crippen LogP contribution < -0.4 is 0 Å². The van der Waals surface area contributed by atoms with E-state index < -0.39 is 16.1 Å². The van der Waals surface area contributed by atoms with Crippen molar-refractivity contribution >= 4 is 46.0 Å². The fourth-order valence-corrected chi connectivity index (χ4v) is 3.15. The van der Waals surface area contributed by atoms with Gasteiger partial charge in [0.1, 0.15) is 5.25 Å². The number of hydrogen-bond acceptors (Lipinski definition) is 4. The molecule has 0 heterocycles. The first kappa shape index (κ1) is 15.2. The molecule has 1 unspecified atom stereocenters. The lowest BCUT2D eigenvalue weighted by Crippen LogP contribution is -2.22. The molecule has 0 aliphatic heterocycles. The van der Waals surface area contributed by atoms with Crippen molar-refractivity contribution in [3.8, 4) is 0 Å². The lowest BCUT2D eigenvalue weighted by molar-refractivity contribution is -0.385. The summed E-state index contributed by atoms with van der Waals surface area (Å²) in [5.41, 5.74) is 0.0140. The molecular formula is C11H12INO4S. The van der Waals surface area contributed by atoms with E-state index in [4.69, 9.17) is 5.11 Å². The summed E-state index contributed by atoms with van der Waals surface area (Å²) in [5, 5.41) is 19.2. The number of nitro groups is 1. The Morgan fingerprint density at radius 2 is 2.11 bits per heavy atom. The molecule has 1 rings (SSSR count). The summed E-state index contributed by atoms with van der Waals surface area (Å²) in [7, 11) is 0. The van der Waals surface area contributed by atoms with Crippen LogP contribution >= 0.6 is 34.4 Å². The fraction of sp³-hybridized carbons (Fsp3) is 0.364. The van der Waals surface area contributed by atoms with Crippen LogP contribution in [0.25, 0.3) is 0 Å². The van der Waals surface area contributed by atoms with Gasteiger partial charge < -0.3 is 5.11 Å². The third-order valence-corrected chi connectivity index (χ3v) is 5.10. The van der Waals surface area contributed by atoms with E-state index in [1.54, 1.807) is 6.07 Å². The van der Waals surface area contributed by atoms with Crippen LogP contribution in [0, 0.1) is 19.6 Å². The molecule has 1 N–H and O–H groups in total. The molecule has 1 aromatic carbocycles. The topological polar surface area (TPSA) is 80.4 Å². The SMILES string of the molecule is CC(C)C(Sc1ccc([N+](=O)[O-])cc1I)C(=O)O. The first-order valence-corrected chi connectivity index (χ1v) is 7.12. The summed E-state index contributed by atoms with van der Waals surface area (Å²) >= 11 is 3.20. The van der Waals surface area contributed by atoms with Gasteiger partial charge in [0, 0.05) is 20.6 Å². The lowest BCUT2D eigenvalue weighted by Gasteiger charge is -2.16. The van der Waals surface area contributed by atoms with Crippen molar-refractivity contribution in [1.29, 1.82) is 0 Å². The summed E-state index contributed by atoms with van der Waals surface area (Å²) in [5.74, 6) is -0.886. The molecule has 0 radical (unpaired) electrons. The number of thioether (sulfide) groups is 1. The van der Waals surface area contributed by atoms with Crippen molar-refractivity contribution in [2.24, 2.45) is 5.92 Å². The number of nitro benzene ring substituents is 1. The Kier molecular flexibility index (Phi) is 5.39. The number of carboxylic acid groups (broad SMARTS) is 1. The number of carbonyl (C=O) groups is 1. The van der Waals surface area contributed by atoms with E-state index in [0.717, 1.165) is 4.90 Å². The highest BCUT2D eigenvalue weighted by molar-refractivity contribution is 14.1. The maximum Gasteiger partial charge on any atom is 0.317 e. The van der Waals surface area contributed by atoms with Gasteiger partial charge in [0.25, 0.3) is 5.69 Å². The lowest BCUT2D eigenvalue weighted by atomic mass is 10.1. The van der Waals surface area contributed by atoms with Crippen LogP contribution in [0.15, 0.2) is 23.1 Å². The number of benzene rings is 1. The molecule has 0 bridgehead atoms. The molecule has 0 aliphatic carbocycles. The highest BCUT2D eigenvalue weighted by Gasteiger charge is 2.24. The molecular weight excluding hydrogens is 369 g/mol. The minimum atomic E-state index is -0.871.